The molecule has 0 aliphatic carbocycles. The van der Waals surface area contributed by atoms with Crippen LogP contribution >= 0.6 is 0 Å². The predicted octanol–water partition coefficient (Wildman–Crippen LogP) is 2.34. The number of piperidine rings is 1. The standard InChI is InChI=1S/C23H32N4O4S/c1-17-6-4-5-7-21(17)16-25-12-14-26(15-13-25)23(28)20-8-10-27(11-9-20)32(29,30)22-18(2)24-31-19(22)3/h4-7,20H,8-16H2,1-3H3. The molecule has 9 heteroatoms. The number of rotatable bonds is 5. The highest BCUT2D eigenvalue weighted by Crippen LogP contribution is 2.28. The zero-order valence-electron chi connectivity index (χ0n) is 19.1. The van der Waals surface area contributed by atoms with Crippen LogP contribution in [-0.4, -0.2) is 72.9 Å². The predicted molar refractivity (Wildman–Crippen MR) is 120 cm³/mol. The summed E-state index contributed by atoms with van der Waals surface area (Å²) in [5.74, 6) is 0.355. The number of amides is 1. The van der Waals surface area contributed by atoms with E-state index in [1.165, 1.54) is 15.4 Å². The zero-order valence-corrected chi connectivity index (χ0v) is 19.9. The number of hydrogen-bond acceptors (Lipinski definition) is 6. The molecule has 2 aliphatic rings. The van der Waals surface area contributed by atoms with Gasteiger partial charge in [-0.25, -0.2) is 8.42 Å². The molecule has 3 heterocycles. The molecule has 0 bridgehead atoms. The van der Waals surface area contributed by atoms with Gasteiger partial charge in [-0.15, -0.1) is 0 Å². The topological polar surface area (TPSA) is 87.0 Å². The Hall–Kier alpha value is -2.23. The number of aromatic nitrogens is 1. The van der Waals surface area contributed by atoms with Crippen molar-refractivity contribution in [3.63, 3.8) is 0 Å². The fourth-order valence-corrected chi connectivity index (χ4v) is 6.49. The molecule has 2 fully saturated rings. The Morgan fingerprint density at radius 2 is 1.69 bits per heavy atom. The van der Waals surface area contributed by atoms with Crippen molar-refractivity contribution in [2.45, 2.75) is 45.1 Å². The summed E-state index contributed by atoms with van der Waals surface area (Å²) in [6.45, 7) is 10.1. The summed E-state index contributed by atoms with van der Waals surface area (Å²) >= 11 is 0. The Kier molecular flexibility index (Phi) is 6.69. The van der Waals surface area contributed by atoms with Crippen LogP contribution in [0.4, 0.5) is 0 Å². The lowest BCUT2D eigenvalue weighted by atomic mass is 9.96. The van der Waals surface area contributed by atoms with Crippen LogP contribution in [0.3, 0.4) is 0 Å². The lowest BCUT2D eigenvalue weighted by Gasteiger charge is -2.38. The number of benzene rings is 1. The molecular formula is C23H32N4O4S. The SMILES string of the molecule is Cc1ccccc1CN1CCN(C(=O)C2CCN(S(=O)(=O)c3c(C)noc3C)CC2)CC1. The molecule has 1 amide bonds. The van der Waals surface area contributed by atoms with Crippen LogP contribution in [0.2, 0.25) is 0 Å². The van der Waals surface area contributed by atoms with Crippen molar-refractivity contribution in [2.24, 2.45) is 5.92 Å². The normalized spacial score (nSPS) is 19.4. The van der Waals surface area contributed by atoms with Gasteiger partial charge in [0.2, 0.25) is 15.9 Å². The van der Waals surface area contributed by atoms with Gasteiger partial charge in [0, 0.05) is 51.7 Å². The molecule has 0 radical (unpaired) electrons. The third-order valence-electron chi connectivity index (χ3n) is 6.71. The fourth-order valence-electron chi connectivity index (χ4n) is 4.73. The fraction of sp³-hybridized carbons (Fsp3) is 0.565. The quantitative estimate of drug-likeness (QED) is 0.681. The molecular weight excluding hydrogens is 428 g/mol. The molecule has 0 spiro atoms. The van der Waals surface area contributed by atoms with E-state index in [0.29, 0.717) is 37.4 Å². The molecule has 4 rings (SSSR count). The van der Waals surface area contributed by atoms with E-state index in [2.05, 4.69) is 41.2 Å². The van der Waals surface area contributed by atoms with Gasteiger partial charge in [0.25, 0.3) is 0 Å². The van der Waals surface area contributed by atoms with Crippen LogP contribution in [-0.2, 0) is 21.4 Å². The van der Waals surface area contributed by atoms with Gasteiger partial charge in [-0.05, 0) is 44.7 Å². The zero-order chi connectivity index (χ0) is 22.9. The van der Waals surface area contributed by atoms with E-state index < -0.39 is 10.0 Å². The average Bonchev–Trinajstić information content (AvgIpc) is 3.14. The second-order valence-electron chi connectivity index (χ2n) is 8.86. The van der Waals surface area contributed by atoms with Crippen molar-refractivity contribution >= 4 is 15.9 Å². The number of nitrogens with zero attached hydrogens (tertiary/aromatic N) is 4. The minimum Gasteiger partial charge on any atom is -0.360 e. The molecule has 0 saturated carbocycles. The number of sulfonamides is 1. The van der Waals surface area contributed by atoms with Crippen LogP contribution in [0.1, 0.15) is 35.4 Å². The first-order chi connectivity index (χ1) is 15.3. The highest BCUT2D eigenvalue weighted by molar-refractivity contribution is 7.89. The Labute approximate surface area is 190 Å². The first kappa shape index (κ1) is 22.9. The Balaban J connectivity index is 1.29. The monoisotopic (exact) mass is 460 g/mol. The molecule has 0 unspecified atom stereocenters. The van der Waals surface area contributed by atoms with Crippen LogP contribution in [0, 0.1) is 26.7 Å². The number of piperazine rings is 1. The van der Waals surface area contributed by atoms with Crippen LogP contribution < -0.4 is 0 Å². The van der Waals surface area contributed by atoms with Crippen molar-refractivity contribution in [3.8, 4) is 0 Å². The molecule has 32 heavy (non-hydrogen) atoms. The molecule has 174 valence electrons. The molecule has 2 aromatic rings. The number of hydrogen-bond donors (Lipinski definition) is 0. The second-order valence-corrected chi connectivity index (χ2v) is 10.7. The maximum Gasteiger partial charge on any atom is 0.248 e. The minimum atomic E-state index is -3.65. The van der Waals surface area contributed by atoms with Gasteiger partial charge >= 0.3 is 0 Å². The van der Waals surface area contributed by atoms with Crippen molar-refractivity contribution in [1.82, 2.24) is 19.3 Å². The summed E-state index contributed by atoms with van der Waals surface area (Å²) < 4.78 is 32.5. The van der Waals surface area contributed by atoms with Crippen molar-refractivity contribution in [3.05, 3.63) is 46.8 Å². The Morgan fingerprint density at radius 3 is 2.28 bits per heavy atom. The van der Waals surface area contributed by atoms with E-state index in [4.69, 9.17) is 4.52 Å². The molecule has 0 atom stereocenters. The maximum absolute atomic E-state index is 13.1. The largest absolute Gasteiger partial charge is 0.360 e. The molecule has 1 aromatic heterocycles. The highest BCUT2D eigenvalue weighted by Gasteiger charge is 2.37. The van der Waals surface area contributed by atoms with E-state index in [-0.39, 0.29) is 16.7 Å². The maximum atomic E-state index is 13.1. The minimum absolute atomic E-state index is 0.117. The van der Waals surface area contributed by atoms with E-state index in [0.717, 1.165) is 32.7 Å². The first-order valence-electron chi connectivity index (χ1n) is 11.3. The summed E-state index contributed by atoms with van der Waals surface area (Å²) in [4.78, 5) is 17.6. The van der Waals surface area contributed by atoms with E-state index >= 15 is 0 Å². The smallest absolute Gasteiger partial charge is 0.248 e. The van der Waals surface area contributed by atoms with E-state index in [1.807, 2.05) is 4.90 Å². The summed E-state index contributed by atoms with van der Waals surface area (Å²) in [5, 5.41) is 3.77. The summed E-state index contributed by atoms with van der Waals surface area (Å²) in [5.41, 5.74) is 3.01. The molecule has 8 nitrogen and oxygen atoms in total. The van der Waals surface area contributed by atoms with Crippen molar-refractivity contribution in [1.29, 1.82) is 0 Å². The Morgan fingerprint density at radius 1 is 1.03 bits per heavy atom. The van der Waals surface area contributed by atoms with Gasteiger partial charge < -0.3 is 9.42 Å². The van der Waals surface area contributed by atoms with Crippen LogP contribution in [0.25, 0.3) is 0 Å². The molecule has 0 N–H and O–H groups in total. The Bertz CT molecular complexity index is 1050. The van der Waals surface area contributed by atoms with Gasteiger partial charge in [0.05, 0.1) is 0 Å². The summed E-state index contributed by atoms with van der Waals surface area (Å²) in [6.07, 6.45) is 1.09. The van der Waals surface area contributed by atoms with Gasteiger partial charge in [0.15, 0.2) is 5.76 Å². The van der Waals surface area contributed by atoms with Gasteiger partial charge in [0.1, 0.15) is 10.6 Å². The average molecular weight is 461 g/mol. The molecule has 1 aromatic carbocycles. The van der Waals surface area contributed by atoms with E-state index in [1.54, 1.807) is 13.8 Å². The summed E-state index contributed by atoms with van der Waals surface area (Å²) in [7, 11) is -3.65. The first-order valence-corrected chi connectivity index (χ1v) is 12.7. The number of carbonyl (C=O) groups excluding carboxylic acids is 1. The molecule has 2 saturated heterocycles. The van der Waals surface area contributed by atoms with E-state index in [9.17, 15) is 13.2 Å². The highest BCUT2D eigenvalue weighted by atomic mass is 32.2. The van der Waals surface area contributed by atoms with Gasteiger partial charge in [-0.2, -0.15) is 4.31 Å². The second kappa shape index (κ2) is 9.33. The third kappa shape index (κ3) is 4.60. The van der Waals surface area contributed by atoms with Crippen LogP contribution in [0.15, 0.2) is 33.7 Å². The lowest BCUT2D eigenvalue weighted by Crippen LogP contribution is -2.51. The lowest BCUT2D eigenvalue weighted by molar-refractivity contribution is -0.138. The molecule has 2 aliphatic heterocycles. The van der Waals surface area contributed by atoms with Gasteiger partial charge in [-0.1, -0.05) is 29.4 Å². The van der Waals surface area contributed by atoms with Crippen molar-refractivity contribution < 1.29 is 17.7 Å². The number of carbonyl (C=O) groups is 1. The number of aryl methyl sites for hydroxylation is 3. The third-order valence-corrected chi connectivity index (χ3v) is 8.85. The summed E-state index contributed by atoms with van der Waals surface area (Å²) in [6, 6.07) is 8.42. The van der Waals surface area contributed by atoms with Crippen LogP contribution in [0.5, 0.6) is 0 Å². The van der Waals surface area contributed by atoms with Crippen molar-refractivity contribution in [2.75, 3.05) is 39.3 Å². The van der Waals surface area contributed by atoms with Gasteiger partial charge in [-0.3, -0.25) is 9.69 Å².